The van der Waals surface area contributed by atoms with E-state index in [9.17, 15) is 16.8 Å². The fourth-order valence-corrected chi connectivity index (χ4v) is 3.71. The highest BCUT2D eigenvalue weighted by Gasteiger charge is 2.24. The molecule has 0 saturated heterocycles. The number of hydrogen-bond donors (Lipinski definition) is 1. The van der Waals surface area contributed by atoms with Gasteiger partial charge in [0, 0.05) is 26.4 Å². The Kier molecular flexibility index (Phi) is 5.17. The van der Waals surface area contributed by atoms with Gasteiger partial charge in [0.1, 0.15) is 4.90 Å². The molecule has 1 rings (SSSR count). The molecule has 1 aromatic carbocycles. The van der Waals surface area contributed by atoms with Crippen molar-refractivity contribution >= 4 is 25.5 Å². The molecule has 0 aliphatic heterocycles. The average molecular weight is 320 g/mol. The number of anilines is 1. The Morgan fingerprint density at radius 2 is 1.75 bits per heavy atom. The molecule has 0 aliphatic carbocycles. The van der Waals surface area contributed by atoms with Crippen molar-refractivity contribution in [2.24, 2.45) is 0 Å². The van der Waals surface area contributed by atoms with E-state index in [1.54, 1.807) is 6.92 Å². The van der Waals surface area contributed by atoms with Gasteiger partial charge in [0.25, 0.3) is 0 Å². The van der Waals surface area contributed by atoms with Crippen molar-refractivity contribution in [1.82, 2.24) is 4.31 Å². The maximum atomic E-state index is 12.4. The molecule has 0 spiro atoms. The predicted octanol–water partition coefficient (Wildman–Crippen LogP) is 1.16. The van der Waals surface area contributed by atoms with Crippen molar-refractivity contribution in [3.05, 3.63) is 18.2 Å². The monoisotopic (exact) mass is 320 g/mol. The van der Waals surface area contributed by atoms with E-state index in [1.165, 1.54) is 29.6 Å². The standard InChI is InChI=1S/C12H20N2O4S2/c1-5-13-11-8-7-10(19(4,15)16)9-12(11)20(17,18)14(3)6-2/h7-9,13H,5-6H2,1-4H3. The Bertz CT molecular complexity index is 681. The first-order chi connectivity index (χ1) is 9.14. The highest BCUT2D eigenvalue weighted by Crippen LogP contribution is 2.27. The lowest BCUT2D eigenvalue weighted by molar-refractivity contribution is 0.486. The van der Waals surface area contributed by atoms with Crippen LogP contribution in [-0.4, -0.2) is 47.5 Å². The van der Waals surface area contributed by atoms with Crippen LogP contribution < -0.4 is 5.32 Å². The van der Waals surface area contributed by atoms with E-state index in [0.717, 1.165) is 6.26 Å². The summed E-state index contributed by atoms with van der Waals surface area (Å²) < 4.78 is 49.2. The van der Waals surface area contributed by atoms with Crippen LogP contribution in [0.4, 0.5) is 5.69 Å². The van der Waals surface area contributed by atoms with Gasteiger partial charge in [0.2, 0.25) is 10.0 Å². The van der Waals surface area contributed by atoms with Gasteiger partial charge in [-0.2, -0.15) is 0 Å². The lowest BCUT2D eigenvalue weighted by Crippen LogP contribution is -2.27. The minimum absolute atomic E-state index is 0.0118. The van der Waals surface area contributed by atoms with E-state index in [4.69, 9.17) is 0 Å². The average Bonchev–Trinajstić information content (AvgIpc) is 2.37. The van der Waals surface area contributed by atoms with Crippen LogP contribution in [0.1, 0.15) is 13.8 Å². The van der Waals surface area contributed by atoms with Crippen LogP contribution in [0.5, 0.6) is 0 Å². The van der Waals surface area contributed by atoms with Gasteiger partial charge in [0.05, 0.1) is 10.6 Å². The molecule has 1 aromatic rings. The summed E-state index contributed by atoms with van der Waals surface area (Å²) >= 11 is 0. The molecule has 0 amide bonds. The first-order valence-electron chi connectivity index (χ1n) is 6.18. The van der Waals surface area contributed by atoms with Crippen molar-refractivity contribution < 1.29 is 16.8 Å². The van der Waals surface area contributed by atoms with Gasteiger partial charge in [-0.1, -0.05) is 6.92 Å². The molecule has 0 fully saturated rings. The van der Waals surface area contributed by atoms with Crippen LogP contribution in [0.3, 0.4) is 0 Å². The highest BCUT2D eigenvalue weighted by atomic mass is 32.2. The molecule has 0 heterocycles. The van der Waals surface area contributed by atoms with Crippen molar-refractivity contribution in [2.75, 3.05) is 31.7 Å². The van der Waals surface area contributed by atoms with Crippen LogP contribution in [0.15, 0.2) is 28.0 Å². The molecular formula is C12H20N2O4S2. The highest BCUT2D eigenvalue weighted by molar-refractivity contribution is 7.91. The van der Waals surface area contributed by atoms with Gasteiger partial charge in [-0.3, -0.25) is 0 Å². The normalized spacial score (nSPS) is 12.7. The summed E-state index contributed by atoms with van der Waals surface area (Å²) in [5.41, 5.74) is 0.403. The first-order valence-corrected chi connectivity index (χ1v) is 9.52. The van der Waals surface area contributed by atoms with Crippen LogP contribution in [0, 0.1) is 0 Å². The maximum absolute atomic E-state index is 12.4. The number of hydrogen-bond acceptors (Lipinski definition) is 5. The van der Waals surface area contributed by atoms with Crippen molar-refractivity contribution in [3.63, 3.8) is 0 Å². The summed E-state index contributed by atoms with van der Waals surface area (Å²) in [5.74, 6) is 0. The quantitative estimate of drug-likeness (QED) is 0.850. The third-order valence-corrected chi connectivity index (χ3v) is 5.96. The lowest BCUT2D eigenvalue weighted by Gasteiger charge is -2.18. The number of benzene rings is 1. The molecule has 114 valence electrons. The largest absolute Gasteiger partial charge is 0.384 e. The Morgan fingerprint density at radius 1 is 1.15 bits per heavy atom. The SMILES string of the molecule is CCNc1ccc(S(C)(=O)=O)cc1S(=O)(=O)N(C)CC. The summed E-state index contributed by atoms with van der Waals surface area (Å²) in [6, 6.07) is 4.09. The third-order valence-electron chi connectivity index (χ3n) is 2.88. The number of nitrogens with zero attached hydrogens (tertiary/aromatic N) is 1. The summed E-state index contributed by atoms with van der Waals surface area (Å²) in [6.45, 7) is 4.39. The van der Waals surface area contributed by atoms with Crippen molar-refractivity contribution in [1.29, 1.82) is 0 Å². The molecule has 1 N–H and O–H groups in total. The maximum Gasteiger partial charge on any atom is 0.244 e. The van der Waals surface area contributed by atoms with E-state index < -0.39 is 19.9 Å². The van der Waals surface area contributed by atoms with Gasteiger partial charge in [-0.05, 0) is 25.1 Å². The number of rotatable bonds is 6. The predicted molar refractivity (Wildman–Crippen MR) is 79.2 cm³/mol. The van der Waals surface area contributed by atoms with E-state index in [0.29, 0.717) is 18.8 Å². The van der Waals surface area contributed by atoms with Crippen molar-refractivity contribution in [3.8, 4) is 0 Å². The fourth-order valence-electron chi connectivity index (χ4n) is 1.62. The minimum atomic E-state index is -3.72. The lowest BCUT2D eigenvalue weighted by atomic mass is 10.3. The number of nitrogens with one attached hydrogen (secondary N) is 1. The molecule has 0 bridgehead atoms. The number of sulfonamides is 1. The molecular weight excluding hydrogens is 300 g/mol. The smallest absolute Gasteiger partial charge is 0.244 e. The second-order valence-corrected chi connectivity index (χ2v) is 8.41. The second kappa shape index (κ2) is 6.11. The molecule has 0 radical (unpaired) electrons. The molecule has 20 heavy (non-hydrogen) atoms. The molecule has 0 aromatic heterocycles. The Morgan fingerprint density at radius 3 is 2.20 bits per heavy atom. The summed E-state index contributed by atoms with van der Waals surface area (Å²) in [5, 5.41) is 2.94. The zero-order valence-electron chi connectivity index (χ0n) is 12.0. The van der Waals surface area contributed by atoms with Crippen LogP contribution in [0.2, 0.25) is 0 Å². The van der Waals surface area contributed by atoms with E-state index >= 15 is 0 Å². The van der Waals surface area contributed by atoms with Crippen LogP contribution >= 0.6 is 0 Å². The summed E-state index contributed by atoms with van der Waals surface area (Å²) in [7, 11) is -5.72. The Labute approximate surface area is 120 Å². The minimum Gasteiger partial charge on any atom is -0.384 e. The first kappa shape index (κ1) is 16.9. The molecule has 0 saturated carbocycles. The Balaban J connectivity index is 3.56. The second-order valence-electron chi connectivity index (χ2n) is 4.38. The molecule has 0 aliphatic rings. The fraction of sp³-hybridized carbons (Fsp3) is 0.500. The molecule has 8 heteroatoms. The summed E-state index contributed by atoms with van der Waals surface area (Å²) in [4.78, 5) is -0.0335. The molecule has 0 atom stereocenters. The Hall–Kier alpha value is -1.12. The van der Waals surface area contributed by atoms with Crippen molar-refractivity contribution in [2.45, 2.75) is 23.6 Å². The van der Waals surface area contributed by atoms with Gasteiger partial charge in [-0.25, -0.2) is 21.1 Å². The molecule has 0 unspecified atom stereocenters. The van der Waals surface area contributed by atoms with E-state index in [2.05, 4.69) is 5.32 Å². The van der Waals surface area contributed by atoms with E-state index in [1.807, 2.05) is 6.92 Å². The van der Waals surface area contributed by atoms with Gasteiger partial charge < -0.3 is 5.32 Å². The number of sulfone groups is 1. The zero-order chi connectivity index (χ0) is 15.6. The van der Waals surface area contributed by atoms with Crippen LogP contribution in [-0.2, 0) is 19.9 Å². The third kappa shape index (κ3) is 3.50. The zero-order valence-corrected chi connectivity index (χ0v) is 13.7. The summed E-state index contributed by atoms with van der Waals surface area (Å²) in [6.07, 6.45) is 1.05. The van der Waals surface area contributed by atoms with E-state index in [-0.39, 0.29) is 9.79 Å². The topological polar surface area (TPSA) is 83.5 Å². The van der Waals surface area contributed by atoms with Gasteiger partial charge in [-0.15, -0.1) is 0 Å². The van der Waals surface area contributed by atoms with Crippen LogP contribution in [0.25, 0.3) is 0 Å². The molecule has 6 nitrogen and oxygen atoms in total. The van der Waals surface area contributed by atoms with Gasteiger partial charge >= 0.3 is 0 Å². The van der Waals surface area contributed by atoms with Gasteiger partial charge in [0.15, 0.2) is 9.84 Å².